The Morgan fingerprint density at radius 1 is 1.33 bits per heavy atom. The maximum absolute atomic E-state index is 12.5. The van der Waals surface area contributed by atoms with Crippen molar-refractivity contribution < 1.29 is 17.9 Å². The Balaban J connectivity index is 2.64. The van der Waals surface area contributed by atoms with Crippen LogP contribution in [-0.2, 0) is 6.42 Å². The van der Waals surface area contributed by atoms with Crippen LogP contribution in [0.4, 0.5) is 13.2 Å². The molecule has 0 amide bonds. The van der Waals surface area contributed by atoms with Gasteiger partial charge in [-0.15, -0.1) is 0 Å². The molecule has 18 heavy (non-hydrogen) atoms. The molecule has 1 rings (SSSR count). The van der Waals surface area contributed by atoms with Crippen LogP contribution in [0.1, 0.15) is 12.5 Å². The molecular weight excluding hydrogens is 263 g/mol. The molecule has 2 nitrogen and oxygen atoms in total. The number of rotatable bonds is 5. The number of aryl methyl sites for hydroxylation is 1. The van der Waals surface area contributed by atoms with Crippen LogP contribution in [0.3, 0.4) is 0 Å². The molecule has 1 atom stereocenters. The smallest absolute Gasteiger partial charge is 0.401 e. The topological polar surface area (TPSA) is 35.2 Å². The molecular formula is C12H14F3NOS. The van der Waals surface area contributed by atoms with Gasteiger partial charge >= 0.3 is 6.18 Å². The van der Waals surface area contributed by atoms with Gasteiger partial charge in [-0.05, 0) is 24.1 Å². The molecule has 1 unspecified atom stereocenters. The molecule has 2 N–H and O–H groups in total. The van der Waals surface area contributed by atoms with E-state index in [0.717, 1.165) is 12.0 Å². The zero-order valence-electron chi connectivity index (χ0n) is 9.83. The summed E-state index contributed by atoms with van der Waals surface area (Å²) >= 11 is 4.40. The predicted octanol–water partition coefficient (Wildman–Crippen LogP) is 3.09. The largest absolute Gasteiger partial charge is 0.493 e. The monoisotopic (exact) mass is 277 g/mol. The molecule has 6 heteroatoms. The highest BCUT2D eigenvalue weighted by Crippen LogP contribution is 2.27. The van der Waals surface area contributed by atoms with E-state index in [2.05, 4.69) is 12.2 Å². The van der Waals surface area contributed by atoms with Gasteiger partial charge in [0.2, 0.25) is 0 Å². The maximum atomic E-state index is 12.5. The van der Waals surface area contributed by atoms with Crippen molar-refractivity contribution in [1.82, 2.24) is 0 Å². The van der Waals surface area contributed by atoms with E-state index in [0.29, 0.717) is 5.75 Å². The maximum Gasteiger partial charge on any atom is 0.401 e. The second-order valence-electron chi connectivity index (χ2n) is 3.81. The Bertz CT molecular complexity index is 403. The van der Waals surface area contributed by atoms with E-state index in [1.54, 1.807) is 24.3 Å². The van der Waals surface area contributed by atoms with E-state index in [1.807, 2.05) is 6.92 Å². The Hall–Kier alpha value is -1.30. The van der Waals surface area contributed by atoms with E-state index in [4.69, 9.17) is 10.5 Å². The lowest BCUT2D eigenvalue weighted by molar-refractivity contribution is -0.161. The summed E-state index contributed by atoms with van der Waals surface area (Å²) in [5.74, 6) is -1.55. The number of halogens is 3. The number of ether oxygens (including phenoxy) is 1. The van der Waals surface area contributed by atoms with Gasteiger partial charge in [0, 0.05) is 0 Å². The third-order valence-corrected chi connectivity index (χ3v) is 2.77. The lowest BCUT2D eigenvalue weighted by Crippen LogP contribution is -2.38. The van der Waals surface area contributed by atoms with E-state index in [9.17, 15) is 13.2 Å². The van der Waals surface area contributed by atoms with Gasteiger partial charge in [0.15, 0.2) is 0 Å². The van der Waals surface area contributed by atoms with Gasteiger partial charge < -0.3 is 10.5 Å². The summed E-state index contributed by atoms with van der Waals surface area (Å²) in [6, 6.07) is 6.87. The molecule has 1 aromatic carbocycles. The van der Waals surface area contributed by atoms with E-state index in [-0.39, 0.29) is 0 Å². The molecule has 0 spiro atoms. The minimum Gasteiger partial charge on any atom is -0.493 e. The summed E-state index contributed by atoms with van der Waals surface area (Å²) in [5, 5.41) is 0. The molecule has 0 saturated heterocycles. The van der Waals surface area contributed by atoms with Gasteiger partial charge in [-0.2, -0.15) is 13.2 Å². The van der Waals surface area contributed by atoms with Crippen molar-refractivity contribution in [2.45, 2.75) is 19.5 Å². The molecule has 0 saturated carbocycles. The van der Waals surface area contributed by atoms with Gasteiger partial charge in [0.25, 0.3) is 0 Å². The van der Waals surface area contributed by atoms with Crippen LogP contribution in [-0.4, -0.2) is 17.8 Å². The molecule has 0 fully saturated rings. The van der Waals surface area contributed by atoms with Crippen molar-refractivity contribution in [2.75, 3.05) is 6.61 Å². The molecule has 0 radical (unpaired) electrons. The van der Waals surface area contributed by atoms with Crippen molar-refractivity contribution in [1.29, 1.82) is 0 Å². The Morgan fingerprint density at radius 3 is 2.28 bits per heavy atom. The second-order valence-corrected chi connectivity index (χ2v) is 4.28. The Morgan fingerprint density at radius 2 is 1.89 bits per heavy atom. The third-order valence-electron chi connectivity index (χ3n) is 2.49. The van der Waals surface area contributed by atoms with Crippen LogP contribution in [0.15, 0.2) is 24.3 Å². The number of hydrogen-bond donors (Lipinski definition) is 1. The average molecular weight is 277 g/mol. The van der Waals surface area contributed by atoms with Crippen molar-refractivity contribution in [2.24, 2.45) is 11.7 Å². The molecule has 100 valence electrons. The summed E-state index contributed by atoms with van der Waals surface area (Å²) < 4.78 is 42.7. The molecule has 0 aliphatic rings. The molecule has 1 aromatic rings. The van der Waals surface area contributed by atoms with Crippen LogP contribution in [0.25, 0.3) is 0 Å². The van der Waals surface area contributed by atoms with Gasteiger partial charge in [-0.3, -0.25) is 0 Å². The van der Waals surface area contributed by atoms with Crippen molar-refractivity contribution in [3.63, 3.8) is 0 Å². The fraction of sp³-hybridized carbons (Fsp3) is 0.417. The Kier molecular flexibility index (Phi) is 4.95. The first-order valence-electron chi connectivity index (χ1n) is 5.42. The summed E-state index contributed by atoms with van der Waals surface area (Å²) in [5.41, 5.74) is 6.15. The van der Waals surface area contributed by atoms with Crippen molar-refractivity contribution in [3.8, 4) is 5.75 Å². The first-order valence-corrected chi connectivity index (χ1v) is 5.83. The van der Waals surface area contributed by atoms with Gasteiger partial charge in [0.05, 0.1) is 4.99 Å². The van der Waals surface area contributed by atoms with Gasteiger partial charge in [0.1, 0.15) is 18.3 Å². The number of benzene rings is 1. The fourth-order valence-corrected chi connectivity index (χ4v) is 1.54. The van der Waals surface area contributed by atoms with Crippen LogP contribution >= 0.6 is 12.2 Å². The number of nitrogens with two attached hydrogens (primary N) is 1. The highest BCUT2D eigenvalue weighted by Gasteiger charge is 2.42. The van der Waals surface area contributed by atoms with E-state index in [1.165, 1.54) is 0 Å². The molecule has 0 bridgehead atoms. The quantitative estimate of drug-likeness (QED) is 0.840. The summed E-state index contributed by atoms with van der Waals surface area (Å²) in [6.07, 6.45) is -3.62. The highest BCUT2D eigenvalue weighted by molar-refractivity contribution is 7.80. The zero-order chi connectivity index (χ0) is 13.8. The molecule has 0 aliphatic heterocycles. The average Bonchev–Trinajstić information content (AvgIpc) is 2.28. The van der Waals surface area contributed by atoms with Crippen molar-refractivity contribution >= 4 is 17.2 Å². The number of alkyl halides is 3. The van der Waals surface area contributed by atoms with Crippen LogP contribution < -0.4 is 10.5 Å². The summed E-state index contributed by atoms with van der Waals surface area (Å²) in [6.45, 7) is 1.40. The lowest BCUT2D eigenvalue weighted by Gasteiger charge is -2.19. The molecule has 0 heterocycles. The van der Waals surface area contributed by atoms with Gasteiger partial charge in [-0.25, -0.2) is 0 Å². The molecule has 0 aliphatic carbocycles. The van der Waals surface area contributed by atoms with E-state index < -0.39 is 23.7 Å². The minimum absolute atomic E-state index is 0.373. The van der Waals surface area contributed by atoms with Crippen LogP contribution in [0, 0.1) is 5.92 Å². The summed E-state index contributed by atoms with van der Waals surface area (Å²) in [7, 11) is 0. The lowest BCUT2D eigenvalue weighted by atomic mass is 10.1. The minimum atomic E-state index is -4.48. The third kappa shape index (κ3) is 4.18. The van der Waals surface area contributed by atoms with E-state index >= 15 is 0 Å². The Labute approximate surface area is 109 Å². The second kappa shape index (κ2) is 6.04. The van der Waals surface area contributed by atoms with Crippen molar-refractivity contribution in [3.05, 3.63) is 29.8 Å². The zero-order valence-corrected chi connectivity index (χ0v) is 10.6. The standard InChI is InChI=1S/C12H14F3NOS/c1-2-8-3-5-9(6-4-8)17-7-10(11(16)18)12(13,14)15/h3-6,10H,2,7H2,1H3,(H2,16,18). The molecule has 0 aromatic heterocycles. The first kappa shape index (κ1) is 14.8. The summed E-state index contributed by atoms with van der Waals surface area (Å²) in [4.78, 5) is -0.604. The van der Waals surface area contributed by atoms with Gasteiger partial charge in [-0.1, -0.05) is 31.3 Å². The SMILES string of the molecule is CCc1ccc(OCC(C(N)=S)C(F)(F)F)cc1. The normalized spacial score (nSPS) is 13.1. The first-order chi connectivity index (χ1) is 8.34. The highest BCUT2D eigenvalue weighted by atomic mass is 32.1. The predicted molar refractivity (Wildman–Crippen MR) is 67.6 cm³/mol. The fourth-order valence-electron chi connectivity index (χ4n) is 1.34. The van der Waals surface area contributed by atoms with Crippen LogP contribution in [0.5, 0.6) is 5.75 Å². The number of hydrogen-bond acceptors (Lipinski definition) is 2. The number of thiocarbonyl (C=S) groups is 1. The van der Waals surface area contributed by atoms with Crippen LogP contribution in [0.2, 0.25) is 0 Å².